The third-order valence-corrected chi connectivity index (χ3v) is 4.29. The maximum absolute atomic E-state index is 14.1. The van der Waals surface area contributed by atoms with Crippen molar-refractivity contribution < 1.29 is 14.0 Å². The number of rotatable bonds is 5. The molecule has 0 unspecified atom stereocenters. The minimum atomic E-state index is -0.520. The van der Waals surface area contributed by atoms with Crippen molar-refractivity contribution in [2.45, 2.75) is 6.92 Å². The lowest BCUT2D eigenvalue weighted by Gasteiger charge is -2.08. The largest absolute Gasteiger partial charge is 0.293 e. The van der Waals surface area contributed by atoms with E-state index in [-0.39, 0.29) is 11.3 Å². The molecule has 3 rings (SSSR count). The minimum absolute atomic E-state index is 0.162. The van der Waals surface area contributed by atoms with Crippen LogP contribution in [0.4, 0.5) is 4.39 Å². The topological polar surface area (TPSA) is 56.1 Å². The monoisotopic (exact) mass is 393 g/mol. The lowest BCUT2D eigenvalue weighted by molar-refractivity contribution is 0.0357. The Labute approximate surface area is 159 Å². The third kappa shape index (κ3) is 3.72. The lowest BCUT2D eigenvalue weighted by atomic mass is 10.1. The number of benzene rings is 2. The van der Waals surface area contributed by atoms with Crippen molar-refractivity contribution in [1.29, 1.82) is 0 Å². The Bertz CT molecular complexity index is 959. The van der Waals surface area contributed by atoms with Crippen LogP contribution in [0.1, 0.15) is 17.4 Å². The summed E-state index contributed by atoms with van der Waals surface area (Å²) in [4.78, 5) is 17.4. The van der Waals surface area contributed by atoms with Gasteiger partial charge in [-0.05, 0) is 43.3 Å². The Hall–Kier alpha value is -2.41. The molecule has 1 amide bonds. The molecule has 0 aliphatic rings. The Kier molecular flexibility index (Phi) is 5.56. The van der Waals surface area contributed by atoms with Crippen LogP contribution in [0.5, 0.6) is 0 Å². The first kappa shape index (κ1) is 18.4. The molecule has 0 radical (unpaired) electrons. The Balaban J connectivity index is 2.13. The number of nitrogens with one attached hydrogen (secondary N) is 1. The van der Waals surface area contributed by atoms with E-state index in [1.165, 1.54) is 16.8 Å². The molecular weight excluding hydrogens is 380 g/mol. The number of aromatic nitrogens is 2. The molecule has 8 heteroatoms. The molecule has 3 aromatic rings. The van der Waals surface area contributed by atoms with Crippen LogP contribution in [0.25, 0.3) is 16.9 Å². The SMILES string of the molecule is CCONC(=O)c1cc(-c2ccccc2F)nn1-c1ccc(Cl)c(Cl)c1. The van der Waals surface area contributed by atoms with Gasteiger partial charge in [0.05, 0.1) is 28.0 Å². The molecule has 0 fully saturated rings. The summed E-state index contributed by atoms with van der Waals surface area (Å²) in [7, 11) is 0. The van der Waals surface area contributed by atoms with E-state index in [9.17, 15) is 9.18 Å². The van der Waals surface area contributed by atoms with Crippen molar-refractivity contribution >= 4 is 29.1 Å². The zero-order chi connectivity index (χ0) is 18.7. The zero-order valence-electron chi connectivity index (χ0n) is 13.7. The lowest BCUT2D eigenvalue weighted by Crippen LogP contribution is -2.26. The van der Waals surface area contributed by atoms with Crippen LogP contribution >= 0.6 is 23.2 Å². The Morgan fingerprint density at radius 2 is 1.96 bits per heavy atom. The smallest absolute Gasteiger partial charge is 0.274 e. The molecule has 1 aromatic heterocycles. The van der Waals surface area contributed by atoms with E-state index < -0.39 is 11.7 Å². The molecule has 1 N–H and O–H groups in total. The van der Waals surface area contributed by atoms with Gasteiger partial charge in [0.15, 0.2) is 0 Å². The first-order chi connectivity index (χ1) is 12.5. The molecule has 5 nitrogen and oxygen atoms in total. The van der Waals surface area contributed by atoms with Crippen LogP contribution < -0.4 is 5.48 Å². The first-order valence-electron chi connectivity index (χ1n) is 7.73. The summed E-state index contributed by atoms with van der Waals surface area (Å²) in [6.45, 7) is 2.04. The van der Waals surface area contributed by atoms with Crippen LogP contribution in [0.2, 0.25) is 10.0 Å². The highest BCUT2D eigenvalue weighted by Crippen LogP contribution is 2.28. The maximum atomic E-state index is 14.1. The molecule has 26 heavy (non-hydrogen) atoms. The zero-order valence-corrected chi connectivity index (χ0v) is 15.2. The molecule has 0 atom stereocenters. The van der Waals surface area contributed by atoms with E-state index in [0.717, 1.165) is 0 Å². The van der Waals surface area contributed by atoms with Gasteiger partial charge in [-0.2, -0.15) is 5.10 Å². The average molecular weight is 394 g/mol. The molecular formula is C18H14Cl2FN3O2. The number of nitrogens with zero attached hydrogens (tertiary/aromatic N) is 2. The van der Waals surface area contributed by atoms with Gasteiger partial charge in [0.25, 0.3) is 5.91 Å². The van der Waals surface area contributed by atoms with E-state index in [1.807, 2.05) is 0 Å². The van der Waals surface area contributed by atoms with Crippen molar-refractivity contribution in [3.05, 3.63) is 70.1 Å². The first-order valence-corrected chi connectivity index (χ1v) is 8.49. The standard InChI is InChI=1S/C18H14Cl2FN3O2/c1-2-26-23-18(25)17-10-16(12-5-3-4-6-15(12)21)22-24(17)11-7-8-13(19)14(20)9-11/h3-10H,2H2,1H3,(H,23,25). The number of carbonyl (C=O) groups is 1. The predicted molar refractivity (Wildman–Crippen MR) is 98.1 cm³/mol. The molecule has 0 bridgehead atoms. The summed E-state index contributed by atoms with van der Waals surface area (Å²) in [6, 6.07) is 12.5. The molecule has 2 aromatic carbocycles. The van der Waals surface area contributed by atoms with E-state index in [2.05, 4.69) is 10.6 Å². The molecule has 0 spiro atoms. The van der Waals surface area contributed by atoms with Crippen molar-refractivity contribution in [1.82, 2.24) is 15.3 Å². The van der Waals surface area contributed by atoms with Crippen LogP contribution in [0, 0.1) is 5.82 Å². The fourth-order valence-electron chi connectivity index (χ4n) is 2.35. The van der Waals surface area contributed by atoms with E-state index in [1.54, 1.807) is 43.3 Å². The fourth-order valence-corrected chi connectivity index (χ4v) is 2.64. The highest BCUT2D eigenvalue weighted by Gasteiger charge is 2.19. The number of amides is 1. The molecule has 0 saturated heterocycles. The molecule has 1 heterocycles. The normalized spacial score (nSPS) is 10.8. The second kappa shape index (κ2) is 7.86. The number of carbonyl (C=O) groups excluding carboxylic acids is 1. The maximum Gasteiger partial charge on any atom is 0.293 e. The highest BCUT2D eigenvalue weighted by molar-refractivity contribution is 6.42. The van der Waals surface area contributed by atoms with Gasteiger partial charge in [0, 0.05) is 5.56 Å². The van der Waals surface area contributed by atoms with E-state index in [0.29, 0.717) is 28.0 Å². The summed E-state index contributed by atoms with van der Waals surface area (Å²) in [5.74, 6) is -0.962. The van der Waals surface area contributed by atoms with Gasteiger partial charge in [-0.15, -0.1) is 0 Å². The number of hydrogen-bond acceptors (Lipinski definition) is 3. The molecule has 0 saturated carbocycles. The Morgan fingerprint density at radius 1 is 1.19 bits per heavy atom. The summed E-state index contributed by atoms with van der Waals surface area (Å²) < 4.78 is 15.5. The quantitative estimate of drug-likeness (QED) is 0.640. The molecule has 134 valence electrons. The van der Waals surface area contributed by atoms with Gasteiger partial charge in [-0.1, -0.05) is 35.3 Å². The van der Waals surface area contributed by atoms with Gasteiger partial charge < -0.3 is 0 Å². The van der Waals surface area contributed by atoms with E-state index in [4.69, 9.17) is 28.0 Å². The van der Waals surface area contributed by atoms with Crippen molar-refractivity contribution in [3.63, 3.8) is 0 Å². The van der Waals surface area contributed by atoms with Crippen LogP contribution in [0.15, 0.2) is 48.5 Å². The van der Waals surface area contributed by atoms with Crippen molar-refractivity contribution in [2.75, 3.05) is 6.61 Å². The fraction of sp³-hybridized carbons (Fsp3) is 0.111. The van der Waals surface area contributed by atoms with Crippen molar-refractivity contribution in [2.24, 2.45) is 0 Å². The number of halogens is 3. The molecule has 0 aliphatic heterocycles. The second-order valence-corrected chi connectivity index (χ2v) is 6.08. The summed E-state index contributed by atoms with van der Waals surface area (Å²) in [6.07, 6.45) is 0. The van der Waals surface area contributed by atoms with Crippen LogP contribution in [0.3, 0.4) is 0 Å². The molecule has 0 aliphatic carbocycles. The number of hydroxylamine groups is 1. The summed E-state index contributed by atoms with van der Waals surface area (Å²) >= 11 is 12.0. The van der Waals surface area contributed by atoms with Gasteiger partial charge in [-0.25, -0.2) is 14.6 Å². The third-order valence-electron chi connectivity index (χ3n) is 3.55. The Morgan fingerprint density at radius 3 is 2.65 bits per heavy atom. The van der Waals surface area contributed by atoms with Gasteiger partial charge >= 0.3 is 0 Å². The number of hydrogen-bond donors (Lipinski definition) is 1. The highest BCUT2D eigenvalue weighted by atomic mass is 35.5. The van der Waals surface area contributed by atoms with Crippen LogP contribution in [-0.4, -0.2) is 22.3 Å². The summed E-state index contributed by atoms with van der Waals surface area (Å²) in [5, 5.41) is 5.05. The predicted octanol–water partition coefficient (Wildman–Crippen LogP) is 4.67. The second-order valence-electron chi connectivity index (χ2n) is 5.27. The van der Waals surface area contributed by atoms with Gasteiger partial charge in [0.2, 0.25) is 0 Å². The van der Waals surface area contributed by atoms with Crippen LogP contribution in [-0.2, 0) is 4.84 Å². The van der Waals surface area contributed by atoms with Gasteiger partial charge in [-0.3, -0.25) is 9.63 Å². The average Bonchev–Trinajstić information content (AvgIpc) is 3.07. The van der Waals surface area contributed by atoms with Crippen molar-refractivity contribution in [3.8, 4) is 16.9 Å². The minimum Gasteiger partial charge on any atom is -0.274 e. The van der Waals surface area contributed by atoms with Gasteiger partial charge in [0.1, 0.15) is 11.5 Å². The van der Waals surface area contributed by atoms with E-state index >= 15 is 0 Å². The summed E-state index contributed by atoms with van der Waals surface area (Å²) in [5.41, 5.74) is 3.55.